The van der Waals surface area contributed by atoms with Crippen molar-refractivity contribution >= 4 is 11.0 Å². The van der Waals surface area contributed by atoms with Crippen LogP contribution in [0.15, 0.2) is 46.9 Å². The summed E-state index contributed by atoms with van der Waals surface area (Å²) in [6, 6.07) is 13.8. The van der Waals surface area contributed by atoms with Crippen LogP contribution in [0.5, 0.6) is 5.75 Å². The van der Waals surface area contributed by atoms with Crippen LogP contribution in [0.1, 0.15) is 28.5 Å². The van der Waals surface area contributed by atoms with E-state index in [9.17, 15) is 0 Å². The minimum atomic E-state index is -0.340. The molecule has 0 radical (unpaired) electrons. The highest BCUT2D eigenvalue weighted by Gasteiger charge is 2.18. The van der Waals surface area contributed by atoms with Crippen molar-refractivity contribution in [2.75, 3.05) is 7.11 Å². The Morgan fingerprint density at radius 3 is 2.48 bits per heavy atom. The number of furan rings is 1. The van der Waals surface area contributed by atoms with Crippen LogP contribution < -0.4 is 10.5 Å². The standard InChI is InChI=1S/C18H19NO2/c1-11-4-6-15-13(8-11)10-17(21-15)18(19)14-9-12(2)5-7-16(14)20-3/h4-10,18H,19H2,1-3H3. The van der Waals surface area contributed by atoms with Gasteiger partial charge >= 0.3 is 0 Å². The SMILES string of the molecule is COc1ccc(C)cc1C(N)c1cc2cc(C)ccc2o1. The van der Waals surface area contributed by atoms with E-state index in [2.05, 4.69) is 13.0 Å². The van der Waals surface area contributed by atoms with E-state index in [0.29, 0.717) is 0 Å². The molecule has 0 saturated carbocycles. The fourth-order valence-electron chi connectivity index (χ4n) is 2.59. The molecule has 1 heterocycles. The fraction of sp³-hybridized carbons (Fsp3) is 0.222. The van der Waals surface area contributed by atoms with Crippen molar-refractivity contribution in [3.63, 3.8) is 0 Å². The molecule has 0 aliphatic rings. The molecule has 0 amide bonds. The second-order valence-electron chi connectivity index (χ2n) is 5.41. The van der Waals surface area contributed by atoms with Gasteiger partial charge in [0.25, 0.3) is 0 Å². The Morgan fingerprint density at radius 1 is 1.00 bits per heavy atom. The van der Waals surface area contributed by atoms with Crippen LogP contribution in [0.3, 0.4) is 0 Å². The van der Waals surface area contributed by atoms with Gasteiger partial charge in [-0.3, -0.25) is 0 Å². The summed E-state index contributed by atoms with van der Waals surface area (Å²) in [6.45, 7) is 4.10. The average molecular weight is 281 g/mol. The lowest BCUT2D eigenvalue weighted by Gasteiger charge is -2.14. The third-order valence-corrected chi connectivity index (χ3v) is 3.72. The maximum Gasteiger partial charge on any atom is 0.134 e. The van der Waals surface area contributed by atoms with Gasteiger partial charge in [-0.1, -0.05) is 29.3 Å². The topological polar surface area (TPSA) is 48.4 Å². The van der Waals surface area contributed by atoms with Crippen LogP contribution in [0.2, 0.25) is 0 Å². The lowest BCUT2D eigenvalue weighted by molar-refractivity contribution is 0.404. The summed E-state index contributed by atoms with van der Waals surface area (Å²) in [6.07, 6.45) is 0. The number of aryl methyl sites for hydroxylation is 2. The monoisotopic (exact) mass is 281 g/mol. The van der Waals surface area contributed by atoms with E-state index < -0.39 is 0 Å². The zero-order chi connectivity index (χ0) is 15.0. The molecule has 0 bridgehead atoms. The normalized spacial score (nSPS) is 12.6. The first-order chi connectivity index (χ1) is 10.1. The molecule has 1 atom stereocenters. The highest BCUT2D eigenvalue weighted by molar-refractivity contribution is 5.79. The fourth-order valence-corrected chi connectivity index (χ4v) is 2.59. The second-order valence-corrected chi connectivity index (χ2v) is 5.41. The van der Waals surface area contributed by atoms with Gasteiger partial charge in [-0.15, -0.1) is 0 Å². The molecule has 0 spiro atoms. The zero-order valence-electron chi connectivity index (χ0n) is 12.5. The van der Waals surface area contributed by atoms with E-state index in [-0.39, 0.29) is 6.04 Å². The highest BCUT2D eigenvalue weighted by Crippen LogP contribution is 2.32. The van der Waals surface area contributed by atoms with Crippen molar-refractivity contribution in [1.82, 2.24) is 0 Å². The first-order valence-corrected chi connectivity index (χ1v) is 6.98. The number of fused-ring (bicyclic) bond motifs is 1. The molecule has 0 aliphatic carbocycles. The van der Waals surface area contributed by atoms with Crippen LogP contribution in [-0.2, 0) is 0 Å². The van der Waals surface area contributed by atoms with Gasteiger partial charge in [0.1, 0.15) is 17.1 Å². The van der Waals surface area contributed by atoms with Crippen molar-refractivity contribution in [2.45, 2.75) is 19.9 Å². The first-order valence-electron chi connectivity index (χ1n) is 6.98. The van der Waals surface area contributed by atoms with Crippen LogP contribution in [0, 0.1) is 13.8 Å². The maximum absolute atomic E-state index is 6.39. The molecular weight excluding hydrogens is 262 g/mol. The summed E-state index contributed by atoms with van der Waals surface area (Å²) in [4.78, 5) is 0. The largest absolute Gasteiger partial charge is 0.496 e. The lowest BCUT2D eigenvalue weighted by Crippen LogP contribution is -2.12. The summed E-state index contributed by atoms with van der Waals surface area (Å²) < 4.78 is 11.3. The van der Waals surface area contributed by atoms with E-state index in [4.69, 9.17) is 14.9 Å². The minimum Gasteiger partial charge on any atom is -0.496 e. The number of methoxy groups -OCH3 is 1. The molecule has 0 saturated heterocycles. The molecule has 1 aromatic heterocycles. The van der Waals surface area contributed by atoms with E-state index >= 15 is 0 Å². The average Bonchev–Trinajstić information content (AvgIpc) is 2.89. The lowest BCUT2D eigenvalue weighted by atomic mass is 10.0. The molecule has 2 N–H and O–H groups in total. The third kappa shape index (κ3) is 2.52. The molecule has 3 aromatic rings. The van der Waals surface area contributed by atoms with Crippen LogP contribution in [0.4, 0.5) is 0 Å². The maximum atomic E-state index is 6.39. The molecular formula is C18H19NO2. The summed E-state index contributed by atoms with van der Waals surface area (Å²) in [5.41, 5.74) is 10.5. The Kier molecular flexibility index (Phi) is 3.43. The van der Waals surface area contributed by atoms with E-state index in [1.165, 1.54) is 5.56 Å². The van der Waals surface area contributed by atoms with Crippen molar-refractivity contribution in [3.05, 3.63) is 64.9 Å². The van der Waals surface area contributed by atoms with Crippen molar-refractivity contribution in [3.8, 4) is 5.75 Å². The van der Waals surface area contributed by atoms with Gasteiger partial charge in [-0.2, -0.15) is 0 Å². The van der Waals surface area contributed by atoms with E-state index in [0.717, 1.165) is 33.6 Å². The number of benzene rings is 2. The van der Waals surface area contributed by atoms with Gasteiger partial charge in [0.05, 0.1) is 13.2 Å². The summed E-state index contributed by atoms with van der Waals surface area (Å²) in [5.74, 6) is 1.53. The predicted octanol–water partition coefficient (Wildman–Crippen LogP) is 4.11. The van der Waals surface area contributed by atoms with E-state index in [1.54, 1.807) is 7.11 Å². The first kappa shape index (κ1) is 13.7. The number of hydrogen-bond acceptors (Lipinski definition) is 3. The van der Waals surface area contributed by atoms with Crippen molar-refractivity contribution < 1.29 is 9.15 Å². The Balaban J connectivity index is 2.07. The smallest absolute Gasteiger partial charge is 0.134 e. The van der Waals surface area contributed by atoms with Crippen LogP contribution in [0.25, 0.3) is 11.0 Å². The number of hydrogen-bond donors (Lipinski definition) is 1. The Morgan fingerprint density at radius 2 is 1.71 bits per heavy atom. The molecule has 2 aromatic carbocycles. The molecule has 0 fully saturated rings. The summed E-state index contributed by atoms with van der Waals surface area (Å²) in [5, 5.41) is 1.08. The molecule has 21 heavy (non-hydrogen) atoms. The molecule has 108 valence electrons. The Labute approximate surface area is 124 Å². The number of ether oxygens (including phenoxy) is 1. The van der Waals surface area contributed by atoms with Gasteiger partial charge < -0.3 is 14.9 Å². The number of nitrogens with two attached hydrogens (primary N) is 1. The van der Waals surface area contributed by atoms with Gasteiger partial charge in [-0.25, -0.2) is 0 Å². The molecule has 3 nitrogen and oxygen atoms in total. The van der Waals surface area contributed by atoms with Crippen LogP contribution >= 0.6 is 0 Å². The Bertz CT molecular complexity index is 789. The molecule has 3 rings (SSSR count). The summed E-state index contributed by atoms with van der Waals surface area (Å²) >= 11 is 0. The quantitative estimate of drug-likeness (QED) is 0.786. The van der Waals surface area contributed by atoms with Crippen LogP contribution in [-0.4, -0.2) is 7.11 Å². The third-order valence-electron chi connectivity index (χ3n) is 3.72. The highest BCUT2D eigenvalue weighted by atomic mass is 16.5. The van der Waals surface area contributed by atoms with Gasteiger partial charge in [-0.05, 0) is 38.1 Å². The van der Waals surface area contributed by atoms with Crippen molar-refractivity contribution in [2.24, 2.45) is 5.73 Å². The van der Waals surface area contributed by atoms with Gasteiger partial charge in [0.15, 0.2) is 0 Å². The van der Waals surface area contributed by atoms with Gasteiger partial charge in [0.2, 0.25) is 0 Å². The minimum absolute atomic E-state index is 0.340. The second kappa shape index (κ2) is 5.26. The predicted molar refractivity (Wildman–Crippen MR) is 84.7 cm³/mol. The summed E-state index contributed by atoms with van der Waals surface area (Å²) in [7, 11) is 1.66. The van der Waals surface area contributed by atoms with Gasteiger partial charge in [0, 0.05) is 10.9 Å². The molecule has 3 heteroatoms. The molecule has 0 aliphatic heterocycles. The Hall–Kier alpha value is -2.26. The molecule has 1 unspecified atom stereocenters. The zero-order valence-corrected chi connectivity index (χ0v) is 12.5. The van der Waals surface area contributed by atoms with E-state index in [1.807, 2.05) is 43.3 Å². The number of rotatable bonds is 3. The van der Waals surface area contributed by atoms with Crippen molar-refractivity contribution in [1.29, 1.82) is 0 Å².